The summed E-state index contributed by atoms with van der Waals surface area (Å²) in [6.45, 7) is 7.16. The average Bonchev–Trinajstić information content (AvgIpc) is 2.45. The Balaban J connectivity index is 2.17. The third-order valence-corrected chi connectivity index (χ3v) is 3.89. The summed E-state index contributed by atoms with van der Waals surface area (Å²) in [5, 5.41) is 0. The molecule has 0 saturated heterocycles. The predicted octanol–water partition coefficient (Wildman–Crippen LogP) is 4.43. The summed E-state index contributed by atoms with van der Waals surface area (Å²) in [6.07, 6.45) is 2.15. The van der Waals surface area contributed by atoms with E-state index >= 15 is 0 Å². The highest BCUT2D eigenvalue weighted by Gasteiger charge is 2.20. The van der Waals surface area contributed by atoms with Gasteiger partial charge in [0.1, 0.15) is 16.2 Å². The summed E-state index contributed by atoms with van der Waals surface area (Å²) in [4.78, 5) is 7.89. The molecule has 1 aliphatic heterocycles. The first-order valence-electron chi connectivity index (χ1n) is 7.32. The van der Waals surface area contributed by atoms with Crippen molar-refractivity contribution in [3.63, 3.8) is 0 Å². The maximum Gasteiger partial charge on any atom is 0.131 e. The molecule has 0 saturated carbocycles. The van der Waals surface area contributed by atoms with Gasteiger partial charge in [-0.15, -0.1) is 0 Å². The zero-order chi connectivity index (χ0) is 15.0. The molecular weight excluding hydrogens is 280 g/mol. The number of benzene rings is 1. The lowest BCUT2D eigenvalue weighted by Gasteiger charge is -2.22. The Kier molecular flexibility index (Phi) is 3.57. The van der Waals surface area contributed by atoms with Gasteiger partial charge in [-0.2, -0.15) is 0 Å². The van der Waals surface area contributed by atoms with Crippen molar-refractivity contribution < 1.29 is 4.74 Å². The lowest BCUT2D eigenvalue weighted by atomic mass is 9.95. The Bertz CT molecular complexity index is 728. The van der Waals surface area contributed by atoms with Crippen LogP contribution in [-0.2, 0) is 11.8 Å². The highest BCUT2D eigenvalue weighted by atomic mass is 32.1. The molecule has 0 amide bonds. The highest BCUT2D eigenvalue weighted by Crippen LogP contribution is 2.35. The number of nitrogens with one attached hydrogen (secondary N) is 1. The molecule has 1 aromatic heterocycles. The molecule has 0 unspecified atom stereocenters. The zero-order valence-corrected chi connectivity index (χ0v) is 13.5. The maximum absolute atomic E-state index is 5.90. The van der Waals surface area contributed by atoms with Crippen LogP contribution in [0.15, 0.2) is 24.3 Å². The van der Waals surface area contributed by atoms with Gasteiger partial charge in [-0.3, -0.25) is 0 Å². The lowest BCUT2D eigenvalue weighted by molar-refractivity contribution is 0.289. The molecule has 3 nitrogen and oxygen atoms in total. The van der Waals surface area contributed by atoms with Crippen LogP contribution in [0.25, 0.3) is 11.3 Å². The second-order valence-electron chi connectivity index (χ2n) is 6.48. The highest BCUT2D eigenvalue weighted by molar-refractivity contribution is 7.71. The largest absolute Gasteiger partial charge is 0.493 e. The Morgan fingerprint density at radius 1 is 1.29 bits per heavy atom. The average molecular weight is 300 g/mol. The Hall–Kier alpha value is -1.68. The molecule has 2 heterocycles. The topological polar surface area (TPSA) is 37.9 Å². The van der Waals surface area contributed by atoms with Crippen LogP contribution in [0.5, 0.6) is 5.75 Å². The van der Waals surface area contributed by atoms with Crippen LogP contribution in [-0.4, -0.2) is 16.6 Å². The van der Waals surface area contributed by atoms with Gasteiger partial charge < -0.3 is 9.72 Å². The van der Waals surface area contributed by atoms with Crippen molar-refractivity contribution in [2.45, 2.75) is 39.0 Å². The van der Waals surface area contributed by atoms with Crippen molar-refractivity contribution in [2.75, 3.05) is 6.61 Å². The number of ether oxygens (including phenoxy) is 1. The van der Waals surface area contributed by atoms with Crippen LogP contribution >= 0.6 is 12.2 Å². The molecule has 1 aliphatic rings. The zero-order valence-electron chi connectivity index (χ0n) is 12.7. The van der Waals surface area contributed by atoms with E-state index in [2.05, 4.69) is 48.9 Å². The van der Waals surface area contributed by atoms with Crippen molar-refractivity contribution in [1.82, 2.24) is 9.97 Å². The number of rotatable bonds is 1. The third-order valence-electron chi connectivity index (χ3n) is 3.68. The quantitative estimate of drug-likeness (QED) is 0.792. The van der Waals surface area contributed by atoms with Crippen molar-refractivity contribution in [3.05, 3.63) is 40.3 Å². The molecule has 3 rings (SSSR count). The van der Waals surface area contributed by atoms with Crippen LogP contribution in [0.3, 0.4) is 0 Å². The fraction of sp³-hybridized carbons (Fsp3) is 0.412. The molecule has 4 heteroatoms. The van der Waals surface area contributed by atoms with E-state index in [-0.39, 0.29) is 5.41 Å². The van der Waals surface area contributed by atoms with Crippen LogP contribution in [0.2, 0.25) is 0 Å². The number of fused-ring (bicyclic) bond motifs is 1. The van der Waals surface area contributed by atoms with Gasteiger partial charge in [0.15, 0.2) is 0 Å². The first-order chi connectivity index (χ1) is 9.95. The fourth-order valence-electron chi connectivity index (χ4n) is 2.56. The monoisotopic (exact) mass is 300 g/mol. The molecule has 0 bridgehead atoms. The fourth-order valence-corrected chi connectivity index (χ4v) is 2.77. The second kappa shape index (κ2) is 5.26. The van der Waals surface area contributed by atoms with Gasteiger partial charge in [-0.25, -0.2) is 4.98 Å². The van der Waals surface area contributed by atoms with E-state index in [1.54, 1.807) is 0 Å². The second-order valence-corrected chi connectivity index (χ2v) is 6.90. The number of aromatic amines is 1. The number of H-pyrrole nitrogens is 1. The smallest absolute Gasteiger partial charge is 0.131 e. The summed E-state index contributed by atoms with van der Waals surface area (Å²) in [6, 6.07) is 8.21. The van der Waals surface area contributed by atoms with Crippen LogP contribution in [0, 0.1) is 4.64 Å². The molecule has 0 aliphatic carbocycles. The van der Waals surface area contributed by atoms with E-state index in [1.807, 2.05) is 6.07 Å². The van der Waals surface area contributed by atoms with Crippen LogP contribution in [0.4, 0.5) is 0 Å². The van der Waals surface area contributed by atoms with E-state index in [1.165, 1.54) is 5.56 Å². The summed E-state index contributed by atoms with van der Waals surface area (Å²) >= 11 is 5.34. The van der Waals surface area contributed by atoms with E-state index in [4.69, 9.17) is 17.0 Å². The van der Waals surface area contributed by atoms with E-state index in [9.17, 15) is 0 Å². The molecule has 0 spiro atoms. The molecule has 0 fully saturated rings. The van der Waals surface area contributed by atoms with Gasteiger partial charge in [0.25, 0.3) is 0 Å². The number of hydrogen-bond donors (Lipinski definition) is 1. The molecule has 1 aromatic carbocycles. The SMILES string of the molecule is CC(C)(C)c1nc(=S)cc(-c2cccc3c2OCCC3)[nH]1. The minimum Gasteiger partial charge on any atom is -0.493 e. The minimum atomic E-state index is -0.0702. The third kappa shape index (κ3) is 2.86. The molecule has 110 valence electrons. The van der Waals surface area contributed by atoms with Gasteiger partial charge >= 0.3 is 0 Å². The number of aromatic nitrogens is 2. The van der Waals surface area contributed by atoms with Crippen molar-refractivity contribution in [2.24, 2.45) is 0 Å². The number of para-hydroxylation sites is 1. The molecule has 0 radical (unpaired) electrons. The summed E-state index contributed by atoms with van der Waals surface area (Å²) in [7, 11) is 0. The Morgan fingerprint density at radius 3 is 2.86 bits per heavy atom. The molecule has 0 atom stereocenters. The van der Waals surface area contributed by atoms with Gasteiger partial charge in [0.05, 0.1) is 12.3 Å². The predicted molar refractivity (Wildman–Crippen MR) is 87.4 cm³/mol. The Morgan fingerprint density at radius 2 is 2.10 bits per heavy atom. The van der Waals surface area contributed by atoms with Crippen molar-refractivity contribution >= 4 is 12.2 Å². The standard InChI is InChI=1S/C17H20N2OS/c1-17(2,3)16-18-13(10-14(21)19-16)12-8-4-6-11-7-5-9-20-15(11)12/h4,6,8,10H,5,7,9H2,1-3H3,(H,18,19,21). The summed E-state index contributed by atoms with van der Waals surface area (Å²) in [5.41, 5.74) is 3.26. The number of hydrogen-bond acceptors (Lipinski definition) is 3. The summed E-state index contributed by atoms with van der Waals surface area (Å²) < 4.78 is 6.51. The van der Waals surface area contributed by atoms with Crippen LogP contribution < -0.4 is 4.74 Å². The molecular formula is C17H20N2OS. The first-order valence-corrected chi connectivity index (χ1v) is 7.73. The molecule has 2 aromatic rings. The van der Waals surface area contributed by atoms with Crippen molar-refractivity contribution in [1.29, 1.82) is 0 Å². The first kappa shape index (κ1) is 14.3. The van der Waals surface area contributed by atoms with E-state index < -0.39 is 0 Å². The van der Waals surface area contributed by atoms with Gasteiger partial charge in [-0.05, 0) is 30.5 Å². The lowest BCUT2D eigenvalue weighted by Crippen LogP contribution is -2.16. The molecule has 21 heavy (non-hydrogen) atoms. The number of aryl methyl sites for hydroxylation is 1. The Labute approximate surface area is 130 Å². The molecule has 1 N–H and O–H groups in total. The van der Waals surface area contributed by atoms with E-state index in [0.717, 1.165) is 42.3 Å². The van der Waals surface area contributed by atoms with Crippen molar-refractivity contribution in [3.8, 4) is 17.0 Å². The normalized spacial score (nSPS) is 14.4. The van der Waals surface area contributed by atoms with Gasteiger partial charge in [0.2, 0.25) is 0 Å². The van der Waals surface area contributed by atoms with Gasteiger partial charge in [-0.1, -0.05) is 45.1 Å². The minimum absolute atomic E-state index is 0.0702. The van der Waals surface area contributed by atoms with Crippen LogP contribution in [0.1, 0.15) is 38.6 Å². The number of nitrogens with zero attached hydrogens (tertiary/aromatic N) is 1. The van der Waals surface area contributed by atoms with Gasteiger partial charge in [0, 0.05) is 11.0 Å². The maximum atomic E-state index is 5.90. The van der Waals surface area contributed by atoms with E-state index in [0.29, 0.717) is 4.64 Å². The summed E-state index contributed by atoms with van der Waals surface area (Å²) in [5.74, 6) is 1.89.